The lowest BCUT2D eigenvalue weighted by Gasteiger charge is -2.21. The number of hydrogen-bond donors (Lipinski definition) is 4. The van der Waals surface area contributed by atoms with E-state index in [0.717, 1.165) is 16.9 Å². The Labute approximate surface area is 146 Å². The number of phenolic OH excluding ortho intramolecular Hbond substituents is 2. The maximum absolute atomic E-state index is 10.2. The first-order valence-electron chi connectivity index (χ1n) is 7.98. The molecule has 1 aliphatic heterocycles. The second-order valence-corrected chi connectivity index (χ2v) is 5.86. The first-order valence-corrected chi connectivity index (χ1v) is 7.98. The minimum Gasteiger partial charge on any atom is -0.504 e. The fourth-order valence-electron chi connectivity index (χ4n) is 2.73. The molecule has 1 heterocycles. The summed E-state index contributed by atoms with van der Waals surface area (Å²) in [6.45, 7) is 1.33. The summed E-state index contributed by atoms with van der Waals surface area (Å²) in [6, 6.07) is 10.0. The number of para-hydroxylation sites is 1. The minimum absolute atomic E-state index is 0.206. The van der Waals surface area contributed by atoms with Crippen molar-refractivity contribution in [1.29, 1.82) is 0 Å². The van der Waals surface area contributed by atoms with E-state index < -0.39 is 6.10 Å². The Bertz CT molecular complexity index is 787. The number of nitrogens with one attached hydrogen (secondary N) is 1. The van der Waals surface area contributed by atoms with Crippen molar-refractivity contribution in [2.75, 3.05) is 26.8 Å². The van der Waals surface area contributed by atoms with Crippen molar-refractivity contribution in [1.82, 2.24) is 5.32 Å². The summed E-state index contributed by atoms with van der Waals surface area (Å²) in [7, 11) is 1.61. The van der Waals surface area contributed by atoms with Crippen LogP contribution in [0.5, 0.6) is 23.0 Å². The van der Waals surface area contributed by atoms with Gasteiger partial charge in [-0.15, -0.1) is 0 Å². The smallest absolute Gasteiger partial charge is 0.168 e. The average Bonchev–Trinajstić information content (AvgIpc) is 2.63. The molecular weight excluding hydrogens is 322 g/mol. The predicted octanol–water partition coefficient (Wildman–Crippen LogP) is 2.21. The maximum atomic E-state index is 10.2. The van der Waals surface area contributed by atoms with Gasteiger partial charge in [0, 0.05) is 18.7 Å². The lowest BCUT2D eigenvalue weighted by Crippen LogP contribution is -2.26. The van der Waals surface area contributed by atoms with E-state index in [1.54, 1.807) is 13.2 Å². The first-order chi connectivity index (χ1) is 12.1. The molecule has 0 aromatic heterocycles. The van der Waals surface area contributed by atoms with Crippen LogP contribution >= 0.6 is 0 Å². The molecule has 0 fully saturated rings. The Morgan fingerprint density at radius 1 is 1.20 bits per heavy atom. The Balaban J connectivity index is 1.58. The van der Waals surface area contributed by atoms with Gasteiger partial charge >= 0.3 is 0 Å². The number of methoxy groups -OCH3 is 1. The molecule has 0 saturated carbocycles. The minimum atomic E-state index is -0.788. The Kier molecular flexibility index (Phi) is 5.11. The van der Waals surface area contributed by atoms with Crippen LogP contribution in [0.4, 0.5) is 0 Å². The molecule has 0 aliphatic carbocycles. The molecule has 132 valence electrons. The lowest BCUT2D eigenvalue weighted by atomic mass is 10.1. The van der Waals surface area contributed by atoms with Crippen LogP contribution < -0.4 is 14.8 Å². The van der Waals surface area contributed by atoms with E-state index in [1.807, 2.05) is 24.3 Å². The number of rotatable bonds is 6. The quantitative estimate of drug-likeness (QED) is 0.601. The van der Waals surface area contributed by atoms with Gasteiger partial charge in [-0.25, -0.2) is 0 Å². The van der Waals surface area contributed by atoms with Crippen LogP contribution in [0, 0.1) is 0 Å². The summed E-state index contributed by atoms with van der Waals surface area (Å²) in [5, 5.41) is 32.2. The van der Waals surface area contributed by atoms with Crippen molar-refractivity contribution in [3.05, 3.63) is 53.1 Å². The van der Waals surface area contributed by atoms with Gasteiger partial charge in [0.15, 0.2) is 23.0 Å². The van der Waals surface area contributed by atoms with Crippen LogP contribution in [0.1, 0.15) is 17.2 Å². The van der Waals surface area contributed by atoms with E-state index in [4.69, 9.17) is 9.47 Å². The van der Waals surface area contributed by atoms with Gasteiger partial charge in [0.25, 0.3) is 0 Å². The van der Waals surface area contributed by atoms with Crippen molar-refractivity contribution in [2.24, 2.45) is 0 Å². The molecule has 3 rings (SSSR count). The zero-order chi connectivity index (χ0) is 17.8. The van der Waals surface area contributed by atoms with Gasteiger partial charge in [-0.05, 0) is 35.4 Å². The zero-order valence-electron chi connectivity index (χ0n) is 13.9. The summed E-state index contributed by atoms with van der Waals surface area (Å²) in [6.07, 6.45) is 1.26. The molecule has 2 aromatic carbocycles. The summed E-state index contributed by atoms with van der Waals surface area (Å²) in [4.78, 5) is 0. The highest BCUT2D eigenvalue weighted by Crippen LogP contribution is 2.35. The van der Waals surface area contributed by atoms with Crippen molar-refractivity contribution >= 4 is 6.08 Å². The molecule has 0 spiro atoms. The van der Waals surface area contributed by atoms with Crippen molar-refractivity contribution in [2.45, 2.75) is 6.10 Å². The lowest BCUT2D eigenvalue weighted by molar-refractivity contribution is 0.175. The van der Waals surface area contributed by atoms with Crippen LogP contribution in [-0.4, -0.2) is 42.1 Å². The Morgan fingerprint density at radius 3 is 2.80 bits per heavy atom. The first kappa shape index (κ1) is 17.1. The van der Waals surface area contributed by atoms with E-state index >= 15 is 0 Å². The number of aromatic hydroxyl groups is 2. The Morgan fingerprint density at radius 2 is 2.04 bits per heavy atom. The molecule has 6 heteroatoms. The summed E-state index contributed by atoms with van der Waals surface area (Å²) in [5.41, 5.74) is 2.56. The molecule has 0 bridgehead atoms. The monoisotopic (exact) mass is 343 g/mol. The SMILES string of the molecule is COc1cccc2c1OCC(CNCC(O)c1ccc(O)c(O)c1)=C2. The highest BCUT2D eigenvalue weighted by Gasteiger charge is 2.16. The third-order valence-corrected chi connectivity index (χ3v) is 4.06. The standard InChI is InChI=1S/C19H21NO5/c1-24-18-4-2-3-14-7-12(11-25-19(14)18)9-20-10-17(23)13-5-6-15(21)16(22)8-13/h2-8,17,20-23H,9-11H2,1H3. The molecule has 4 N–H and O–H groups in total. The fourth-order valence-corrected chi connectivity index (χ4v) is 2.73. The number of hydrogen-bond acceptors (Lipinski definition) is 6. The zero-order valence-corrected chi connectivity index (χ0v) is 13.9. The molecular formula is C19H21NO5. The fraction of sp³-hybridized carbons (Fsp3) is 0.263. The van der Waals surface area contributed by atoms with Gasteiger partial charge in [-0.3, -0.25) is 0 Å². The molecule has 1 unspecified atom stereocenters. The van der Waals surface area contributed by atoms with Crippen molar-refractivity contribution in [3.8, 4) is 23.0 Å². The number of benzene rings is 2. The van der Waals surface area contributed by atoms with Gasteiger partial charge in [-0.1, -0.05) is 18.2 Å². The highest BCUT2D eigenvalue weighted by molar-refractivity contribution is 5.66. The Hall–Kier alpha value is -2.70. The van der Waals surface area contributed by atoms with Gasteiger partial charge in [0.1, 0.15) is 6.61 Å². The van der Waals surface area contributed by atoms with E-state index in [0.29, 0.717) is 31.0 Å². The van der Waals surface area contributed by atoms with Gasteiger partial charge < -0.3 is 30.1 Å². The number of fused-ring (bicyclic) bond motifs is 1. The van der Waals surface area contributed by atoms with Crippen LogP contribution in [-0.2, 0) is 0 Å². The molecule has 0 saturated heterocycles. The van der Waals surface area contributed by atoms with Gasteiger partial charge in [0.05, 0.1) is 13.2 Å². The number of phenols is 2. The summed E-state index contributed by atoms with van der Waals surface area (Å²) in [5.74, 6) is 1.00. The molecule has 1 atom stereocenters. The maximum Gasteiger partial charge on any atom is 0.168 e. The van der Waals surface area contributed by atoms with Crippen LogP contribution in [0.2, 0.25) is 0 Å². The third-order valence-electron chi connectivity index (χ3n) is 4.06. The summed E-state index contributed by atoms with van der Waals surface area (Å²) >= 11 is 0. The van der Waals surface area contributed by atoms with Gasteiger partial charge in [0.2, 0.25) is 0 Å². The molecule has 2 aromatic rings. The van der Waals surface area contributed by atoms with E-state index in [9.17, 15) is 15.3 Å². The number of aliphatic hydroxyl groups is 1. The molecule has 6 nitrogen and oxygen atoms in total. The topological polar surface area (TPSA) is 91.2 Å². The van der Waals surface area contributed by atoms with Crippen molar-refractivity contribution < 1.29 is 24.8 Å². The third kappa shape index (κ3) is 3.87. The molecule has 0 amide bonds. The number of ether oxygens (including phenoxy) is 2. The summed E-state index contributed by atoms with van der Waals surface area (Å²) < 4.78 is 11.1. The van der Waals surface area contributed by atoms with E-state index in [2.05, 4.69) is 5.32 Å². The number of aliphatic hydroxyl groups excluding tert-OH is 1. The molecule has 1 aliphatic rings. The molecule has 25 heavy (non-hydrogen) atoms. The van der Waals surface area contributed by atoms with E-state index in [1.165, 1.54) is 12.1 Å². The normalized spacial score (nSPS) is 14.2. The second-order valence-electron chi connectivity index (χ2n) is 5.86. The van der Waals surface area contributed by atoms with Crippen LogP contribution in [0.25, 0.3) is 6.08 Å². The average molecular weight is 343 g/mol. The van der Waals surface area contributed by atoms with Crippen LogP contribution in [0.15, 0.2) is 42.0 Å². The predicted molar refractivity (Wildman–Crippen MR) is 94.1 cm³/mol. The van der Waals surface area contributed by atoms with Gasteiger partial charge in [-0.2, -0.15) is 0 Å². The largest absolute Gasteiger partial charge is 0.504 e. The highest BCUT2D eigenvalue weighted by atomic mass is 16.5. The second kappa shape index (κ2) is 7.46. The van der Waals surface area contributed by atoms with E-state index in [-0.39, 0.29) is 11.5 Å². The van der Waals surface area contributed by atoms with Crippen molar-refractivity contribution in [3.63, 3.8) is 0 Å². The molecule has 0 radical (unpaired) electrons. The van der Waals surface area contributed by atoms with Crippen LogP contribution in [0.3, 0.4) is 0 Å².